The summed E-state index contributed by atoms with van der Waals surface area (Å²) in [6, 6.07) is 2.56. The number of benzene rings is 1. The summed E-state index contributed by atoms with van der Waals surface area (Å²) in [4.78, 5) is 25.3. The molecule has 0 atom stereocenters. The Bertz CT molecular complexity index is 522. The van der Waals surface area contributed by atoms with Crippen LogP contribution in [-0.4, -0.2) is 29.9 Å². The van der Waals surface area contributed by atoms with E-state index in [2.05, 4.69) is 0 Å². The quantitative estimate of drug-likeness (QED) is 0.911. The molecule has 4 nitrogen and oxygen atoms in total. The molecule has 0 unspecified atom stereocenters. The van der Waals surface area contributed by atoms with Gasteiger partial charge in [-0.05, 0) is 25.0 Å². The van der Waals surface area contributed by atoms with Gasteiger partial charge in [-0.1, -0.05) is 25.3 Å². The zero-order chi connectivity index (χ0) is 15.4. The van der Waals surface area contributed by atoms with E-state index < -0.39 is 29.1 Å². The van der Waals surface area contributed by atoms with Crippen molar-refractivity contribution in [2.24, 2.45) is 0 Å². The molecule has 0 bridgehead atoms. The Morgan fingerprint density at radius 2 is 1.71 bits per heavy atom. The lowest BCUT2D eigenvalue weighted by molar-refractivity contribution is 0.0937. The molecule has 1 aliphatic carbocycles. The normalized spacial score (nSPS) is 15.6. The van der Waals surface area contributed by atoms with Gasteiger partial charge in [0.05, 0.1) is 0 Å². The second kappa shape index (κ2) is 6.65. The molecule has 0 spiro atoms. The van der Waals surface area contributed by atoms with Crippen LogP contribution in [0.25, 0.3) is 0 Å². The van der Waals surface area contributed by atoms with Crippen molar-refractivity contribution in [3.05, 3.63) is 35.4 Å². The Hall–Kier alpha value is -1.98. The van der Waals surface area contributed by atoms with Crippen LogP contribution in [0.4, 0.5) is 13.6 Å². The molecular weight excluding hydrogens is 278 g/mol. The highest BCUT2D eigenvalue weighted by Gasteiger charge is 2.25. The second-order valence-corrected chi connectivity index (χ2v) is 5.26. The van der Waals surface area contributed by atoms with Gasteiger partial charge in [0.15, 0.2) is 0 Å². The average Bonchev–Trinajstić information content (AvgIpc) is 2.47. The van der Waals surface area contributed by atoms with E-state index in [0.717, 1.165) is 50.3 Å². The first kappa shape index (κ1) is 15.4. The third-order valence-corrected chi connectivity index (χ3v) is 3.85. The molecular formula is C15H18F2N2O2. The number of urea groups is 1. The third-order valence-electron chi connectivity index (χ3n) is 3.85. The van der Waals surface area contributed by atoms with E-state index in [4.69, 9.17) is 0 Å². The highest BCUT2D eigenvalue weighted by Crippen LogP contribution is 2.21. The van der Waals surface area contributed by atoms with Crippen molar-refractivity contribution in [2.45, 2.75) is 38.1 Å². The summed E-state index contributed by atoms with van der Waals surface area (Å²) in [5.41, 5.74) is -0.733. The van der Waals surface area contributed by atoms with E-state index in [9.17, 15) is 18.4 Å². The second-order valence-electron chi connectivity index (χ2n) is 5.26. The molecule has 3 amide bonds. The Labute approximate surface area is 122 Å². The molecule has 1 aromatic carbocycles. The molecule has 21 heavy (non-hydrogen) atoms. The van der Waals surface area contributed by atoms with E-state index in [1.54, 1.807) is 7.05 Å². The minimum absolute atomic E-state index is 0.0667. The molecule has 0 heterocycles. The highest BCUT2D eigenvalue weighted by molar-refractivity contribution is 6.04. The van der Waals surface area contributed by atoms with Gasteiger partial charge in [0.25, 0.3) is 5.91 Å². The van der Waals surface area contributed by atoms with Crippen LogP contribution in [0.1, 0.15) is 42.5 Å². The number of carbonyl (C=O) groups excluding carboxylic acids is 2. The van der Waals surface area contributed by atoms with Crippen molar-refractivity contribution in [3.8, 4) is 0 Å². The molecule has 1 aliphatic rings. The maximum absolute atomic E-state index is 13.5. The Balaban J connectivity index is 2.03. The van der Waals surface area contributed by atoms with Crippen molar-refractivity contribution in [1.82, 2.24) is 10.2 Å². The predicted molar refractivity (Wildman–Crippen MR) is 73.9 cm³/mol. The zero-order valence-corrected chi connectivity index (χ0v) is 11.9. The van der Waals surface area contributed by atoms with Gasteiger partial charge in [-0.2, -0.15) is 0 Å². The molecule has 114 valence electrons. The molecule has 0 saturated heterocycles. The zero-order valence-electron chi connectivity index (χ0n) is 11.9. The summed E-state index contributed by atoms with van der Waals surface area (Å²) in [5, 5.41) is 2.04. The number of carbonyl (C=O) groups is 2. The number of hydrogen-bond donors (Lipinski definition) is 1. The molecule has 1 fully saturated rings. The van der Waals surface area contributed by atoms with Crippen LogP contribution < -0.4 is 5.32 Å². The number of amides is 3. The number of hydrogen-bond acceptors (Lipinski definition) is 2. The van der Waals surface area contributed by atoms with E-state index in [1.165, 1.54) is 4.90 Å². The highest BCUT2D eigenvalue weighted by atomic mass is 19.1. The molecule has 1 saturated carbocycles. The lowest BCUT2D eigenvalue weighted by atomic mass is 9.95. The fraction of sp³-hybridized carbons (Fsp3) is 0.467. The van der Waals surface area contributed by atoms with Crippen LogP contribution in [0.3, 0.4) is 0 Å². The first-order chi connectivity index (χ1) is 10.0. The van der Waals surface area contributed by atoms with Crippen molar-refractivity contribution in [2.75, 3.05) is 7.05 Å². The predicted octanol–water partition coefficient (Wildman–Crippen LogP) is 3.08. The van der Waals surface area contributed by atoms with E-state index >= 15 is 0 Å². The van der Waals surface area contributed by atoms with Gasteiger partial charge in [0, 0.05) is 13.1 Å². The average molecular weight is 296 g/mol. The molecule has 0 aliphatic heterocycles. The van der Waals surface area contributed by atoms with Crippen LogP contribution in [0.5, 0.6) is 0 Å². The monoisotopic (exact) mass is 296 g/mol. The smallest absolute Gasteiger partial charge is 0.324 e. The van der Waals surface area contributed by atoms with Crippen LogP contribution in [0.15, 0.2) is 18.2 Å². The van der Waals surface area contributed by atoms with Crippen molar-refractivity contribution >= 4 is 11.9 Å². The topological polar surface area (TPSA) is 49.4 Å². The summed E-state index contributed by atoms with van der Waals surface area (Å²) >= 11 is 0. The molecule has 0 aromatic heterocycles. The maximum Gasteiger partial charge on any atom is 0.324 e. The number of nitrogens with one attached hydrogen (secondary N) is 1. The summed E-state index contributed by atoms with van der Waals surface area (Å²) in [6.45, 7) is 0. The molecule has 2 rings (SSSR count). The molecule has 0 radical (unpaired) electrons. The van der Waals surface area contributed by atoms with Crippen molar-refractivity contribution < 1.29 is 18.4 Å². The van der Waals surface area contributed by atoms with Crippen LogP contribution in [0.2, 0.25) is 0 Å². The Morgan fingerprint density at radius 3 is 2.29 bits per heavy atom. The van der Waals surface area contributed by atoms with Gasteiger partial charge in [0.2, 0.25) is 0 Å². The SMILES string of the molecule is CN(C(=O)NC(=O)c1c(F)cccc1F)C1CCCCC1. The van der Waals surface area contributed by atoms with Crippen molar-refractivity contribution in [3.63, 3.8) is 0 Å². The summed E-state index contributed by atoms with van der Waals surface area (Å²) in [5.74, 6) is -3.03. The minimum Gasteiger partial charge on any atom is -0.325 e. The maximum atomic E-state index is 13.5. The largest absolute Gasteiger partial charge is 0.325 e. The standard InChI is InChI=1S/C15H18F2N2O2/c1-19(10-6-3-2-4-7-10)15(21)18-14(20)13-11(16)8-5-9-12(13)17/h5,8-10H,2-4,6-7H2,1H3,(H,18,20,21). The Morgan fingerprint density at radius 1 is 1.14 bits per heavy atom. The van der Waals surface area contributed by atoms with Gasteiger partial charge in [0.1, 0.15) is 17.2 Å². The van der Waals surface area contributed by atoms with Crippen LogP contribution in [-0.2, 0) is 0 Å². The molecule has 1 aromatic rings. The summed E-state index contributed by atoms with van der Waals surface area (Å²) in [6.07, 6.45) is 4.99. The van der Waals surface area contributed by atoms with Crippen molar-refractivity contribution in [1.29, 1.82) is 0 Å². The van der Waals surface area contributed by atoms with E-state index in [1.807, 2.05) is 5.32 Å². The molecule has 6 heteroatoms. The lowest BCUT2D eigenvalue weighted by Crippen LogP contribution is -2.46. The fourth-order valence-corrected chi connectivity index (χ4v) is 2.60. The summed E-state index contributed by atoms with van der Waals surface area (Å²) < 4.78 is 27.0. The van der Waals surface area contributed by atoms with Gasteiger partial charge < -0.3 is 4.90 Å². The van der Waals surface area contributed by atoms with Gasteiger partial charge >= 0.3 is 6.03 Å². The number of rotatable bonds is 2. The fourth-order valence-electron chi connectivity index (χ4n) is 2.60. The minimum atomic E-state index is -1.06. The third kappa shape index (κ3) is 3.56. The van der Waals surface area contributed by atoms with Gasteiger partial charge in [-0.15, -0.1) is 0 Å². The number of nitrogens with zero attached hydrogens (tertiary/aromatic N) is 1. The molecule has 1 N–H and O–H groups in total. The van der Waals surface area contributed by atoms with Gasteiger partial charge in [-0.25, -0.2) is 13.6 Å². The van der Waals surface area contributed by atoms with Crippen LogP contribution in [0, 0.1) is 11.6 Å². The number of halogens is 2. The van der Waals surface area contributed by atoms with Crippen LogP contribution >= 0.6 is 0 Å². The first-order valence-electron chi connectivity index (χ1n) is 7.03. The number of imide groups is 1. The lowest BCUT2D eigenvalue weighted by Gasteiger charge is -2.30. The van der Waals surface area contributed by atoms with E-state index in [-0.39, 0.29) is 6.04 Å². The Kier molecular flexibility index (Phi) is 4.88. The van der Waals surface area contributed by atoms with Gasteiger partial charge in [-0.3, -0.25) is 10.1 Å². The summed E-state index contributed by atoms with van der Waals surface area (Å²) in [7, 11) is 1.59. The first-order valence-corrected chi connectivity index (χ1v) is 7.03. The van der Waals surface area contributed by atoms with E-state index in [0.29, 0.717) is 0 Å².